The Balaban J connectivity index is 1.45. The largest absolute Gasteiger partial charge is 0.459 e. The van der Waals surface area contributed by atoms with Gasteiger partial charge in [0.15, 0.2) is 0 Å². The van der Waals surface area contributed by atoms with Crippen LogP contribution in [0.1, 0.15) is 16.3 Å². The van der Waals surface area contributed by atoms with Gasteiger partial charge in [-0.25, -0.2) is 4.79 Å². The Morgan fingerprint density at radius 2 is 2.00 bits per heavy atom. The van der Waals surface area contributed by atoms with Crippen molar-refractivity contribution >= 4 is 22.5 Å². The van der Waals surface area contributed by atoms with E-state index in [1.54, 1.807) is 0 Å². The predicted octanol–water partition coefficient (Wildman–Crippen LogP) is 4.41. The van der Waals surface area contributed by atoms with E-state index < -0.39 is 17.2 Å². The molecule has 1 aromatic carbocycles. The van der Waals surface area contributed by atoms with Crippen LogP contribution in [0, 0.1) is 0 Å². The van der Waals surface area contributed by atoms with Gasteiger partial charge in [-0.15, -0.1) is 10.2 Å². The molecule has 6 nitrogen and oxygen atoms in total. The highest BCUT2D eigenvalue weighted by Crippen LogP contribution is 2.33. The fourth-order valence-corrected chi connectivity index (χ4v) is 3.40. The maximum Gasteiger partial charge on any atom is 0.445 e. The average Bonchev–Trinajstić information content (AvgIpc) is 3.28. The van der Waals surface area contributed by atoms with Crippen molar-refractivity contribution in [3.63, 3.8) is 0 Å². The Kier molecular flexibility index (Phi) is 4.34. The van der Waals surface area contributed by atoms with Gasteiger partial charge in [0.1, 0.15) is 11.5 Å². The number of benzene rings is 1. The number of carbonyl (C=O) groups excluding carboxylic acids is 1. The van der Waals surface area contributed by atoms with Crippen LogP contribution in [0.3, 0.4) is 0 Å². The summed E-state index contributed by atoms with van der Waals surface area (Å²) in [6, 6.07) is 11.0. The van der Waals surface area contributed by atoms with E-state index in [-0.39, 0.29) is 23.0 Å². The number of halogens is 3. The summed E-state index contributed by atoms with van der Waals surface area (Å²) in [5.41, 5.74) is 1.96. The van der Waals surface area contributed by atoms with Gasteiger partial charge in [-0.2, -0.15) is 13.2 Å². The summed E-state index contributed by atoms with van der Waals surface area (Å²) < 4.78 is 43.6. The third kappa shape index (κ3) is 3.65. The van der Waals surface area contributed by atoms with Crippen LogP contribution in [0.5, 0.6) is 0 Å². The molecule has 0 spiro atoms. The molecule has 0 atom stereocenters. The lowest BCUT2D eigenvalue weighted by Crippen LogP contribution is -2.38. The Morgan fingerprint density at radius 3 is 2.70 bits per heavy atom. The second-order valence-electron chi connectivity index (χ2n) is 5.94. The molecule has 140 valence electrons. The number of fused-ring (bicyclic) bond motifs is 1. The summed E-state index contributed by atoms with van der Waals surface area (Å²) in [6.07, 6.45) is -3.98. The van der Waals surface area contributed by atoms with Gasteiger partial charge in [0.05, 0.1) is 6.54 Å². The van der Waals surface area contributed by atoms with Gasteiger partial charge in [0.2, 0.25) is 10.1 Å². The van der Waals surface area contributed by atoms with E-state index in [2.05, 4.69) is 15.5 Å². The molecule has 2 aromatic heterocycles. The zero-order valence-corrected chi connectivity index (χ0v) is 14.6. The summed E-state index contributed by atoms with van der Waals surface area (Å²) in [7, 11) is 0. The summed E-state index contributed by atoms with van der Waals surface area (Å²) in [6.45, 7) is 0.663. The third-order valence-corrected chi connectivity index (χ3v) is 4.99. The molecule has 0 radical (unpaired) electrons. The summed E-state index contributed by atoms with van der Waals surface area (Å²) in [4.78, 5) is 13.8. The first-order valence-corrected chi connectivity index (χ1v) is 8.85. The Bertz CT molecular complexity index is 968. The topological polar surface area (TPSA) is 71.3 Å². The van der Waals surface area contributed by atoms with Gasteiger partial charge in [0, 0.05) is 12.1 Å². The molecule has 0 aliphatic carbocycles. The zero-order valence-electron chi connectivity index (χ0n) is 13.8. The molecule has 2 amide bonds. The third-order valence-electron chi connectivity index (χ3n) is 4.11. The highest BCUT2D eigenvalue weighted by atomic mass is 32.1. The smallest absolute Gasteiger partial charge is 0.445 e. The molecule has 0 bridgehead atoms. The first kappa shape index (κ1) is 17.5. The van der Waals surface area contributed by atoms with Crippen molar-refractivity contribution in [2.45, 2.75) is 19.1 Å². The molecule has 0 saturated heterocycles. The van der Waals surface area contributed by atoms with Crippen molar-refractivity contribution in [3.8, 4) is 11.3 Å². The molecule has 0 fully saturated rings. The van der Waals surface area contributed by atoms with Crippen LogP contribution in [0.2, 0.25) is 0 Å². The lowest BCUT2D eigenvalue weighted by atomic mass is 10.1. The quantitative estimate of drug-likeness (QED) is 0.699. The summed E-state index contributed by atoms with van der Waals surface area (Å²) >= 11 is 0.290. The van der Waals surface area contributed by atoms with Crippen LogP contribution in [0.15, 0.2) is 40.8 Å². The van der Waals surface area contributed by atoms with Crippen LogP contribution in [0.4, 0.5) is 23.1 Å². The molecular weight excluding hydrogens is 381 g/mol. The molecule has 0 saturated carbocycles. The van der Waals surface area contributed by atoms with E-state index in [1.165, 1.54) is 4.90 Å². The van der Waals surface area contributed by atoms with Crippen molar-refractivity contribution < 1.29 is 22.4 Å². The molecule has 4 rings (SSSR count). The van der Waals surface area contributed by atoms with Gasteiger partial charge in [0.25, 0.3) is 0 Å². The van der Waals surface area contributed by atoms with Crippen LogP contribution in [-0.4, -0.2) is 27.7 Å². The average molecular weight is 394 g/mol. The molecule has 0 unspecified atom stereocenters. The minimum absolute atomic E-state index is 0.192. The van der Waals surface area contributed by atoms with E-state index in [9.17, 15) is 18.0 Å². The number of alkyl halides is 3. The van der Waals surface area contributed by atoms with E-state index in [0.717, 1.165) is 16.9 Å². The minimum atomic E-state index is -4.58. The Hall–Kier alpha value is -2.88. The maximum absolute atomic E-state index is 12.6. The number of furan rings is 1. The number of carbonyl (C=O) groups is 1. The maximum atomic E-state index is 12.6. The lowest BCUT2D eigenvalue weighted by molar-refractivity contribution is -0.138. The number of rotatable bonds is 2. The number of urea groups is 1. The molecule has 3 heterocycles. The lowest BCUT2D eigenvalue weighted by Gasteiger charge is -2.25. The first-order chi connectivity index (χ1) is 12.9. The van der Waals surface area contributed by atoms with E-state index in [0.29, 0.717) is 18.7 Å². The second kappa shape index (κ2) is 6.69. The van der Waals surface area contributed by atoms with Gasteiger partial charge in [-0.3, -0.25) is 5.32 Å². The molecule has 27 heavy (non-hydrogen) atoms. The van der Waals surface area contributed by atoms with Crippen LogP contribution >= 0.6 is 11.3 Å². The van der Waals surface area contributed by atoms with Crippen molar-refractivity contribution in [2.24, 2.45) is 0 Å². The van der Waals surface area contributed by atoms with Crippen molar-refractivity contribution in [2.75, 3.05) is 11.9 Å². The molecule has 3 aromatic rings. The number of hydrogen-bond donors (Lipinski definition) is 1. The molecule has 1 aliphatic rings. The molecular formula is C17H13F3N4O2S. The normalized spacial score (nSPS) is 14.1. The van der Waals surface area contributed by atoms with Crippen LogP contribution < -0.4 is 5.32 Å². The van der Waals surface area contributed by atoms with Gasteiger partial charge < -0.3 is 9.32 Å². The summed E-state index contributed by atoms with van der Waals surface area (Å²) in [5.74, 6) is 1.39. The number of nitrogens with one attached hydrogen (secondary N) is 1. The molecule has 1 N–H and O–H groups in total. The fraction of sp³-hybridized carbons (Fsp3) is 0.235. The zero-order chi connectivity index (χ0) is 19.0. The van der Waals surface area contributed by atoms with Gasteiger partial charge >= 0.3 is 12.2 Å². The SMILES string of the molecule is O=C(Nc1nnc(C(F)(F)F)s1)N1CCc2cc(-c3ccccc3)oc2C1. The van der Waals surface area contributed by atoms with Crippen molar-refractivity contribution in [3.05, 3.63) is 52.7 Å². The monoisotopic (exact) mass is 394 g/mol. The Morgan fingerprint density at radius 1 is 1.22 bits per heavy atom. The Labute approximate surface area is 155 Å². The van der Waals surface area contributed by atoms with E-state index in [4.69, 9.17) is 4.42 Å². The highest BCUT2D eigenvalue weighted by molar-refractivity contribution is 7.15. The van der Waals surface area contributed by atoms with E-state index >= 15 is 0 Å². The van der Waals surface area contributed by atoms with Gasteiger partial charge in [-0.1, -0.05) is 41.7 Å². The van der Waals surface area contributed by atoms with Crippen molar-refractivity contribution in [1.82, 2.24) is 15.1 Å². The highest BCUT2D eigenvalue weighted by Gasteiger charge is 2.36. The van der Waals surface area contributed by atoms with E-state index in [1.807, 2.05) is 36.4 Å². The number of anilines is 1. The minimum Gasteiger partial charge on any atom is -0.459 e. The molecule has 10 heteroatoms. The number of hydrogen-bond acceptors (Lipinski definition) is 5. The fourth-order valence-electron chi connectivity index (χ4n) is 2.80. The number of amides is 2. The van der Waals surface area contributed by atoms with Crippen LogP contribution in [0.25, 0.3) is 11.3 Å². The van der Waals surface area contributed by atoms with Crippen molar-refractivity contribution in [1.29, 1.82) is 0 Å². The number of nitrogens with zero attached hydrogens (tertiary/aromatic N) is 3. The summed E-state index contributed by atoms with van der Waals surface area (Å²) in [5, 5.41) is 7.49. The second-order valence-corrected chi connectivity index (χ2v) is 6.91. The predicted molar refractivity (Wildman–Crippen MR) is 92.2 cm³/mol. The number of aromatic nitrogens is 2. The first-order valence-electron chi connectivity index (χ1n) is 8.04. The molecule has 1 aliphatic heterocycles. The van der Waals surface area contributed by atoms with Gasteiger partial charge in [-0.05, 0) is 18.1 Å². The van der Waals surface area contributed by atoms with Crippen LogP contribution in [-0.2, 0) is 19.1 Å². The standard InChI is InChI=1S/C17H13F3N4O2S/c18-17(19,20)14-22-23-15(27-14)21-16(25)24-7-6-11-8-12(26-13(11)9-24)10-4-2-1-3-5-10/h1-5,8H,6-7,9H2,(H,21,23,25).